The summed E-state index contributed by atoms with van der Waals surface area (Å²) in [6, 6.07) is 13.0. The molecular formula is C26H27N3O4. The van der Waals surface area contributed by atoms with E-state index in [1.54, 1.807) is 18.2 Å². The minimum atomic E-state index is -0.502. The Labute approximate surface area is 192 Å². The van der Waals surface area contributed by atoms with Crippen LogP contribution >= 0.6 is 0 Å². The molecule has 2 aromatic carbocycles. The standard InChI is InChI=1S/C26H27N3O4/c1-17(2)32-22-9-8-18(14-19(22)16-30)25(31)29-12-10-26(11-13-29)21-15-28(3)27-24(21)20-6-4-5-7-23(20)33-26/h4-9,14-17H,10-13H2,1-3H3. The molecule has 0 saturated carbocycles. The van der Waals surface area contributed by atoms with Crippen LogP contribution in [0.4, 0.5) is 0 Å². The first-order valence-corrected chi connectivity index (χ1v) is 11.3. The lowest BCUT2D eigenvalue weighted by Gasteiger charge is -2.44. The van der Waals surface area contributed by atoms with Crippen LogP contribution in [0.5, 0.6) is 11.5 Å². The number of carbonyl (C=O) groups excluding carboxylic acids is 2. The number of aryl methyl sites for hydroxylation is 1. The zero-order chi connectivity index (χ0) is 23.2. The van der Waals surface area contributed by atoms with Gasteiger partial charge in [-0.3, -0.25) is 14.3 Å². The molecule has 3 aromatic rings. The molecule has 0 aliphatic carbocycles. The Hall–Kier alpha value is -3.61. The monoisotopic (exact) mass is 445 g/mol. The first-order valence-electron chi connectivity index (χ1n) is 11.3. The number of rotatable bonds is 4. The summed E-state index contributed by atoms with van der Waals surface area (Å²) in [7, 11) is 1.92. The van der Waals surface area contributed by atoms with Crippen molar-refractivity contribution < 1.29 is 19.1 Å². The van der Waals surface area contributed by atoms with Crippen molar-refractivity contribution in [2.24, 2.45) is 7.05 Å². The Morgan fingerprint density at radius 3 is 2.67 bits per heavy atom. The minimum absolute atomic E-state index is 0.0541. The van der Waals surface area contributed by atoms with E-state index >= 15 is 0 Å². The molecule has 2 aliphatic rings. The van der Waals surface area contributed by atoms with E-state index in [9.17, 15) is 9.59 Å². The Balaban J connectivity index is 1.37. The highest BCUT2D eigenvalue weighted by atomic mass is 16.5. The molecule has 1 amide bonds. The molecule has 0 atom stereocenters. The lowest BCUT2D eigenvalue weighted by molar-refractivity contribution is -0.00166. The molecule has 33 heavy (non-hydrogen) atoms. The number of hydrogen-bond acceptors (Lipinski definition) is 5. The largest absolute Gasteiger partial charge is 0.490 e. The van der Waals surface area contributed by atoms with Gasteiger partial charge in [-0.25, -0.2) is 0 Å². The summed E-state index contributed by atoms with van der Waals surface area (Å²) in [4.78, 5) is 26.6. The Kier molecular flexibility index (Phi) is 5.19. The van der Waals surface area contributed by atoms with Gasteiger partial charge in [0.05, 0.1) is 11.7 Å². The van der Waals surface area contributed by atoms with Gasteiger partial charge in [-0.05, 0) is 44.2 Å². The maximum atomic E-state index is 13.2. The number of amides is 1. The number of ether oxygens (including phenoxy) is 2. The smallest absolute Gasteiger partial charge is 0.253 e. The van der Waals surface area contributed by atoms with Crippen molar-refractivity contribution >= 4 is 12.2 Å². The molecule has 0 N–H and O–H groups in total. The van der Waals surface area contributed by atoms with Crippen molar-refractivity contribution in [2.75, 3.05) is 13.1 Å². The van der Waals surface area contributed by atoms with Crippen molar-refractivity contribution in [3.8, 4) is 22.8 Å². The first-order chi connectivity index (χ1) is 15.9. The molecule has 0 radical (unpaired) electrons. The van der Waals surface area contributed by atoms with Crippen molar-refractivity contribution in [3.63, 3.8) is 0 Å². The van der Waals surface area contributed by atoms with Gasteiger partial charge in [0, 0.05) is 55.9 Å². The van der Waals surface area contributed by atoms with Gasteiger partial charge in [-0.15, -0.1) is 0 Å². The third kappa shape index (κ3) is 3.67. The fourth-order valence-electron chi connectivity index (χ4n) is 4.80. The van der Waals surface area contributed by atoms with Crippen LogP contribution in [0.2, 0.25) is 0 Å². The number of benzene rings is 2. The maximum absolute atomic E-state index is 13.2. The number of hydrogen-bond donors (Lipinski definition) is 0. The summed E-state index contributed by atoms with van der Waals surface area (Å²) in [6.07, 6.45) is 4.05. The van der Waals surface area contributed by atoms with Crippen molar-refractivity contribution in [1.29, 1.82) is 0 Å². The molecule has 1 fully saturated rings. The van der Waals surface area contributed by atoms with Crippen LogP contribution in [0.3, 0.4) is 0 Å². The van der Waals surface area contributed by atoms with E-state index in [0.29, 0.717) is 42.8 Å². The lowest BCUT2D eigenvalue weighted by atomic mass is 9.81. The van der Waals surface area contributed by atoms with Crippen LogP contribution in [-0.2, 0) is 12.6 Å². The normalized spacial score (nSPS) is 16.2. The number of para-hydroxylation sites is 1. The Bertz CT molecular complexity index is 1220. The molecule has 1 aromatic heterocycles. The van der Waals surface area contributed by atoms with E-state index in [1.165, 1.54) is 0 Å². The summed E-state index contributed by atoms with van der Waals surface area (Å²) in [5.74, 6) is 1.24. The first kappa shape index (κ1) is 21.2. The van der Waals surface area contributed by atoms with Gasteiger partial charge in [0.25, 0.3) is 5.91 Å². The molecule has 7 heteroatoms. The molecule has 5 rings (SSSR count). The third-order valence-electron chi connectivity index (χ3n) is 6.37. The second kappa shape index (κ2) is 8.06. The highest BCUT2D eigenvalue weighted by Gasteiger charge is 2.45. The minimum Gasteiger partial charge on any atom is -0.490 e. The molecule has 170 valence electrons. The zero-order valence-corrected chi connectivity index (χ0v) is 19.1. The van der Waals surface area contributed by atoms with Gasteiger partial charge in [0.2, 0.25) is 0 Å². The summed E-state index contributed by atoms with van der Waals surface area (Å²) >= 11 is 0. The molecule has 0 unspecified atom stereocenters. The van der Waals surface area contributed by atoms with E-state index in [2.05, 4.69) is 0 Å². The highest BCUT2D eigenvalue weighted by molar-refractivity contribution is 5.96. The third-order valence-corrected chi connectivity index (χ3v) is 6.37. The van der Waals surface area contributed by atoms with Crippen molar-refractivity contribution in [3.05, 3.63) is 65.4 Å². The number of aldehydes is 1. The number of fused-ring (bicyclic) bond motifs is 4. The Morgan fingerprint density at radius 1 is 1.18 bits per heavy atom. The second-order valence-electron chi connectivity index (χ2n) is 8.99. The van der Waals surface area contributed by atoms with Crippen LogP contribution in [0.15, 0.2) is 48.7 Å². The van der Waals surface area contributed by atoms with Gasteiger partial charge in [-0.2, -0.15) is 5.10 Å². The maximum Gasteiger partial charge on any atom is 0.253 e. The molecule has 1 spiro atoms. The number of likely N-dealkylation sites (tertiary alicyclic amines) is 1. The predicted octanol–water partition coefficient (Wildman–Crippen LogP) is 4.21. The predicted molar refractivity (Wildman–Crippen MR) is 124 cm³/mol. The van der Waals surface area contributed by atoms with Crippen LogP contribution in [0.1, 0.15) is 53.0 Å². The zero-order valence-electron chi connectivity index (χ0n) is 19.1. The van der Waals surface area contributed by atoms with Gasteiger partial charge < -0.3 is 14.4 Å². The van der Waals surface area contributed by atoms with Crippen LogP contribution < -0.4 is 9.47 Å². The summed E-state index contributed by atoms with van der Waals surface area (Å²) in [5, 5.41) is 4.70. The van der Waals surface area contributed by atoms with Crippen molar-refractivity contribution in [2.45, 2.75) is 38.4 Å². The molecule has 3 heterocycles. The molecule has 0 bridgehead atoms. The summed E-state index contributed by atoms with van der Waals surface area (Å²) < 4.78 is 14.1. The van der Waals surface area contributed by atoms with Crippen LogP contribution in [0.25, 0.3) is 11.3 Å². The van der Waals surface area contributed by atoms with E-state index in [1.807, 2.05) is 60.9 Å². The summed E-state index contributed by atoms with van der Waals surface area (Å²) in [5.41, 5.74) is 3.40. The van der Waals surface area contributed by atoms with Gasteiger partial charge in [-0.1, -0.05) is 12.1 Å². The van der Waals surface area contributed by atoms with E-state index in [0.717, 1.165) is 28.9 Å². The Morgan fingerprint density at radius 2 is 1.94 bits per heavy atom. The average Bonchev–Trinajstić information content (AvgIpc) is 3.22. The SMILES string of the molecule is CC(C)Oc1ccc(C(=O)N2CCC3(CC2)Oc2ccccc2-c2nn(C)cc23)cc1C=O. The average molecular weight is 446 g/mol. The quantitative estimate of drug-likeness (QED) is 0.563. The molecule has 7 nitrogen and oxygen atoms in total. The number of carbonyl (C=O) groups is 2. The second-order valence-corrected chi connectivity index (χ2v) is 8.99. The molecular weight excluding hydrogens is 418 g/mol. The number of nitrogens with zero attached hydrogens (tertiary/aromatic N) is 3. The molecule has 2 aliphatic heterocycles. The highest BCUT2D eigenvalue weighted by Crippen LogP contribution is 2.48. The van der Waals surface area contributed by atoms with Gasteiger partial charge >= 0.3 is 0 Å². The number of aromatic nitrogens is 2. The summed E-state index contributed by atoms with van der Waals surface area (Å²) in [6.45, 7) is 4.90. The van der Waals surface area contributed by atoms with E-state index in [-0.39, 0.29) is 12.0 Å². The van der Waals surface area contributed by atoms with Crippen LogP contribution in [-0.4, -0.2) is 46.1 Å². The van der Waals surface area contributed by atoms with Crippen LogP contribution in [0, 0.1) is 0 Å². The fraction of sp³-hybridized carbons (Fsp3) is 0.346. The number of piperidine rings is 1. The van der Waals surface area contributed by atoms with Gasteiger partial charge in [0.1, 0.15) is 22.8 Å². The molecule has 1 saturated heterocycles. The lowest BCUT2D eigenvalue weighted by Crippen LogP contribution is -2.49. The topological polar surface area (TPSA) is 73.7 Å². The van der Waals surface area contributed by atoms with E-state index < -0.39 is 5.60 Å². The van der Waals surface area contributed by atoms with Crippen molar-refractivity contribution in [1.82, 2.24) is 14.7 Å². The van der Waals surface area contributed by atoms with Gasteiger partial charge in [0.15, 0.2) is 6.29 Å². The fourth-order valence-corrected chi connectivity index (χ4v) is 4.80. The van der Waals surface area contributed by atoms with E-state index in [4.69, 9.17) is 14.6 Å².